The van der Waals surface area contributed by atoms with E-state index in [1.807, 2.05) is 13.1 Å². The second kappa shape index (κ2) is 7.00. The Labute approximate surface area is 145 Å². The van der Waals surface area contributed by atoms with Crippen molar-refractivity contribution >= 4 is 17.2 Å². The Morgan fingerprint density at radius 1 is 1.21 bits per heavy atom. The van der Waals surface area contributed by atoms with Gasteiger partial charge in [0.15, 0.2) is 5.78 Å². The number of hydrogen-bond acceptors (Lipinski definition) is 3. The molecule has 3 rings (SSSR count). The number of allylic oxidation sites excluding steroid dienone is 1. The summed E-state index contributed by atoms with van der Waals surface area (Å²) in [5, 5.41) is 6.80. The van der Waals surface area contributed by atoms with Crippen LogP contribution in [-0.2, 0) is 11.2 Å². The molecule has 0 amide bonds. The Morgan fingerprint density at radius 2 is 1.92 bits per heavy atom. The predicted octanol–water partition coefficient (Wildman–Crippen LogP) is 4.53. The Hall–Kier alpha value is -1.77. The minimum absolute atomic E-state index is 0.0241. The van der Waals surface area contributed by atoms with Crippen LogP contribution in [0, 0.1) is 5.92 Å². The van der Waals surface area contributed by atoms with Gasteiger partial charge in [-0.2, -0.15) is 0 Å². The Balaban J connectivity index is 1.92. The summed E-state index contributed by atoms with van der Waals surface area (Å²) in [5.74, 6) is 0.515. The zero-order valence-electron chi connectivity index (χ0n) is 15.2. The Morgan fingerprint density at radius 3 is 2.58 bits per heavy atom. The minimum Gasteiger partial charge on any atom is -0.388 e. The molecule has 1 heterocycles. The number of ketones is 1. The normalized spacial score (nSPS) is 22.4. The van der Waals surface area contributed by atoms with E-state index in [4.69, 9.17) is 0 Å². The van der Waals surface area contributed by atoms with Crippen molar-refractivity contribution in [2.75, 3.05) is 12.4 Å². The van der Waals surface area contributed by atoms with E-state index in [0.29, 0.717) is 5.78 Å². The van der Waals surface area contributed by atoms with Gasteiger partial charge in [0.25, 0.3) is 0 Å². The maximum Gasteiger partial charge on any atom is 0.160 e. The molecule has 2 N–H and O–H groups in total. The highest BCUT2D eigenvalue weighted by atomic mass is 16.1. The summed E-state index contributed by atoms with van der Waals surface area (Å²) in [6.45, 7) is 4.40. The fourth-order valence-electron chi connectivity index (χ4n) is 4.03. The number of rotatable bonds is 3. The van der Waals surface area contributed by atoms with E-state index in [1.165, 1.54) is 36.8 Å². The largest absolute Gasteiger partial charge is 0.388 e. The first-order chi connectivity index (χ1) is 11.5. The average molecular weight is 326 g/mol. The number of hydrogen-bond donors (Lipinski definition) is 2. The van der Waals surface area contributed by atoms with Gasteiger partial charge >= 0.3 is 0 Å². The van der Waals surface area contributed by atoms with Crippen molar-refractivity contribution in [3.63, 3.8) is 0 Å². The number of benzene rings is 1. The maximum atomic E-state index is 12.9. The van der Waals surface area contributed by atoms with E-state index >= 15 is 0 Å². The van der Waals surface area contributed by atoms with Gasteiger partial charge in [-0.3, -0.25) is 4.79 Å². The molecule has 130 valence electrons. The molecule has 0 atom stereocenters. The number of fused-ring (bicyclic) bond motifs is 1. The average Bonchev–Trinajstić information content (AvgIpc) is 2.83. The highest BCUT2D eigenvalue weighted by Gasteiger charge is 2.29. The van der Waals surface area contributed by atoms with Crippen LogP contribution < -0.4 is 10.6 Å². The van der Waals surface area contributed by atoms with Crippen LogP contribution in [0.4, 0.5) is 5.69 Å². The molecule has 1 saturated carbocycles. The number of anilines is 1. The van der Waals surface area contributed by atoms with Crippen LogP contribution in [0.1, 0.15) is 63.5 Å². The monoisotopic (exact) mass is 326 g/mol. The van der Waals surface area contributed by atoms with Crippen LogP contribution in [0.2, 0.25) is 0 Å². The second-order valence-corrected chi connectivity index (χ2v) is 7.96. The number of nitrogens with one attached hydrogen (secondary N) is 2. The van der Waals surface area contributed by atoms with Gasteiger partial charge in [0, 0.05) is 41.5 Å². The molecule has 3 nitrogen and oxygen atoms in total. The van der Waals surface area contributed by atoms with Crippen molar-refractivity contribution in [3.8, 4) is 0 Å². The van der Waals surface area contributed by atoms with E-state index < -0.39 is 0 Å². The second-order valence-electron chi connectivity index (χ2n) is 7.96. The van der Waals surface area contributed by atoms with Gasteiger partial charge in [-0.05, 0) is 50.8 Å². The SMILES string of the molecule is CNc1ccc2c(c1)C(=CC(=O)C1CCCCCC1)NC(C)(C)C2. The zero-order valence-corrected chi connectivity index (χ0v) is 15.2. The van der Waals surface area contributed by atoms with E-state index in [2.05, 4.69) is 42.7 Å². The summed E-state index contributed by atoms with van der Waals surface area (Å²) < 4.78 is 0. The van der Waals surface area contributed by atoms with Crippen LogP contribution in [0.25, 0.3) is 5.70 Å². The van der Waals surface area contributed by atoms with Crippen molar-refractivity contribution in [1.82, 2.24) is 5.32 Å². The minimum atomic E-state index is -0.0241. The van der Waals surface area contributed by atoms with E-state index in [0.717, 1.165) is 30.6 Å². The summed E-state index contributed by atoms with van der Waals surface area (Å²) in [6.07, 6.45) is 9.90. The summed E-state index contributed by atoms with van der Waals surface area (Å²) in [7, 11) is 1.93. The van der Waals surface area contributed by atoms with Crippen LogP contribution in [0.15, 0.2) is 24.3 Å². The molecular formula is C21H30N2O. The predicted molar refractivity (Wildman–Crippen MR) is 101 cm³/mol. The van der Waals surface area contributed by atoms with Gasteiger partial charge < -0.3 is 10.6 Å². The summed E-state index contributed by atoms with van der Waals surface area (Å²) >= 11 is 0. The van der Waals surface area contributed by atoms with Gasteiger partial charge in [-0.1, -0.05) is 31.7 Å². The van der Waals surface area contributed by atoms with Crippen molar-refractivity contribution < 1.29 is 4.79 Å². The molecule has 1 aromatic carbocycles. The lowest BCUT2D eigenvalue weighted by atomic mass is 9.84. The van der Waals surface area contributed by atoms with E-state index in [9.17, 15) is 4.79 Å². The van der Waals surface area contributed by atoms with Crippen molar-refractivity contribution in [3.05, 3.63) is 35.4 Å². The standard InChI is InChI=1S/C21H30N2O/c1-21(2)14-16-10-11-17(22-3)12-18(16)19(23-21)13-20(24)15-8-6-4-5-7-9-15/h10-13,15,22-23H,4-9,14H2,1-3H3. The third-order valence-corrected chi connectivity index (χ3v) is 5.34. The molecule has 24 heavy (non-hydrogen) atoms. The molecule has 2 aliphatic rings. The summed E-state index contributed by atoms with van der Waals surface area (Å²) in [5.41, 5.74) is 4.54. The molecule has 0 spiro atoms. The van der Waals surface area contributed by atoms with Crippen LogP contribution in [0.3, 0.4) is 0 Å². The number of carbonyl (C=O) groups excluding carboxylic acids is 1. The summed E-state index contributed by atoms with van der Waals surface area (Å²) in [6, 6.07) is 6.46. The molecular weight excluding hydrogens is 296 g/mol. The smallest absolute Gasteiger partial charge is 0.160 e. The molecule has 1 fully saturated rings. The van der Waals surface area contributed by atoms with Crippen LogP contribution in [0.5, 0.6) is 0 Å². The highest BCUT2D eigenvalue weighted by molar-refractivity contribution is 5.98. The lowest BCUT2D eigenvalue weighted by Gasteiger charge is -2.36. The highest BCUT2D eigenvalue weighted by Crippen LogP contribution is 2.32. The maximum absolute atomic E-state index is 12.9. The molecule has 0 unspecified atom stereocenters. The Kier molecular flexibility index (Phi) is 4.98. The van der Waals surface area contributed by atoms with Crippen molar-refractivity contribution in [2.24, 2.45) is 5.92 Å². The first-order valence-corrected chi connectivity index (χ1v) is 9.33. The molecule has 0 bridgehead atoms. The third kappa shape index (κ3) is 3.82. The Bertz CT molecular complexity index is 637. The van der Waals surface area contributed by atoms with Gasteiger partial charge in [-0.15, -0.1) is 0 Å². The van der Waals surface area contributed by atoms with E-state index in [1.54, 1.807) is 0 Å². The van der Waals surface area contributed by atoms with Gasteiger partial charge in [0.1, 0.15) is 0 Å². The summed E-state index contributed by atoms with van der Waals surface area (Å²) in [4.78, 5) is 12.9. The molecule has 3 heteroatoms. The fourth-order valence-corrected chi connectivity index (χ4v) is 4.03. The topological polar surface area (TPSA) is 41.1 Å². The molecule has 1 aromatic rings. The lowest BCUT2D eigenvalue weighted by molar-refractivity contribution is -0.118. The zero-order chi connectivity index (χ0) is 17.2. The third-order valence-electron chi connectivity index (χ3n) is 5.34. The molecule has 0 radical (unpaired) electrons. The first-order valence-electron chi connectivity index (χ1n) is 9.33. The van der Waals surface area contributed by atoms with Crippen molar-refractivity contribution in [1.29, 1.82) is 0 Å². The van der Waals surface area contributed by atoms with Crippen molar-refractivity contribution in [2.45, 2.75) is 64.3 Å². The fraction of sp³-hybridized carbons (Fsp3) is 0.571. The molecule has 0 saturated heterocycles. The van der Waals surface area contributed by atoms with Gasteiger partial charge in [0.2, 0.25) is 0 Å². The van der Waals surface area contributed by atoms with Crippen LogP contribution in [-0.4, -0.2) is 18.4 Å². The first kappa shape index (κ1) is 17.1. The molecule has 1 aliphatic carbocycles. The molecule has 0 aromatic heterocycles. The van der Waals surface area contributed by atoms with Gasteiger partial charge in [-0.25, -0.2) is 0 Å². The number of carbonyl (C=O) groups is 1. The lowest BCUT2D eigenvalue weighted by Crippen LogP contribution is -2.44. The molecule has 1 aliphatic heterocycles. The van der Waals surface area contributed by atoms with Gasteiger partial charge in [0.05, 0.1) is 0 Å². The quantitative estimate of drug-likeness (QED) is 0.633. The van der Waals surface area contributed by atoms with E-state index in [-0.39, 0.29) is 11.5 Å². The van der Waals surface area contributed by atoms with Crippen LogP contribution >= 0.6 is 0 Å².